The minimum absolute atomic E-state index is 0.00367. The van der Waals surface area contributed by atoms with E-state index in [2.05, 4.69) is 20.1 Å². The smallest absolute Gasteiger partial charge is 0.417 e. The first-order chi connectivity index (χ1) is 19.1. The fourth-order valence-corrected chi connectivity index (χ4v) is 4.12. The molecule has 0 unspecified atom stereocenters. The van der Waals surface area contributed by atoms with Gasteiger partial charge < -0.3 is 9.47 Å². The lowest BCUT2D eigenvalue weighted by molar-refractivity contribution is -0.137. The van der Waals surface area contributed by atoms with Crippen LogP contribution >= 0.6 is 11.6 Å². The van der Waals surface area contributed by atoms with Crippen LogP contribution in [0.4, 0.5) is 28.0 Å². The number of hydrogen-bond acceptors (Lipinski definition) is 7. The minimum atomic E-state index is -4.95. The van der Waals surface area contributed by atoms with Crippen LogP contribution < -0.4 is 5.32 Å². The lowest BCUT2D eigenvalue weighted by Crippen LogP contribution is -2.27. The summed E-state index contributed by atoms with van der Waals surface area (Å²) >= 11 is 6.05. The van der Waals surface area contributed by atoms with Gasteiger partial charge in [0.1, 0.15) is 22.6 Å². The molecule has 0 aliphatic rings. The van der Waals surface area contributed by atoms with Crippen LogP contribution in [0.1, 0.15) is 47.1 Å². The normalized spacial score (nSPS) is 11.8. The summed E-state index contributed by atoms with van der Waals surface area (Å²) in [6.45, 7) is 4.90. The number of carbonyl (C=O) groups excluding carboxylic acids is 3. The van der Waals surface area contributed by atoms with Crippen LogP contribution in [0, 0.1) is 5.82 Å². The number of fused-ring (bicyclic) bond motifs is 1. The van der Waals surface area contributed by atoms with Gasteiger partial charge in [-0.1, -0.05) is 17.7 Å². The van der Waals surface area contributed by atoms with Crippen molar-refractivity contribution in [2.24, 2.45) is 0 Å². The van der Waals surface area contributed by atoms with E-state index in [4.69, 9.17) is 16.3 Å². The van der Waals surface area contributed by atoms with Gasteiger partial charge in [0.2, 0.25) is 0 Å². The lowest BCUT2D eigenvalue weighted by Gasteiger charge is -2.19. The van der Waals surface area contributed by atoms with Crippen molar-refractivity contribution in [3.63, 3.8) is 0 Å². The second-order valence-electron chi connectivity index (χ2n) is 9.63. The number of benzene rings is 2. The average Bonchev–Trinajstić information content (AvgIpc) is 3.24. The third kappa shape index (κ3) is 6.14. The highest BCUT2D eigenvalue weighted by atomic mass is 35.5. The Bertz CT molecular complexity index is 1700. The maximum atomic E-state index is 15.2. The van der Waals surface area contributed by atoms with Crippen LogP contribution in [-0.2, 0) is 15.7 Å². The Morgan fingerprint density at radius 3 is 2.37 bits per heavy atom. The quantitative estimate of drug-likeness (QED) is 0.206. The molecule has 2 heterocycles. The van der Waals surface area contributed by atoms with Gasteiger partial charge >= 0.3 is 18.2 Å². The van der Waals surface area contributed by atoms with E-state index in [1.165, 1.54) is 24.4 Å². The molecule has 9 nitrogen and oxygen atoms in total. The fourth-order valence-electron chi connectivity index (χ4n) is 3.86. The second kappa shape index (κ2) is 10.8. The van der Waals surface area contributed by atoms with E-state index in [0.717, 1.165) is 25.3 Å². The minimum Gasteiger partial charge on any atom is -0.465 e. The number of pyridine rings is 1. The second-order valence-corrected chi connectivity index (χ2v) is 10.0. The van der Waals surface area contributed by atoms with E-state index >= 15 is 4.39 Å². The highest BCUT2D eigenvalue weighted by molar-refractivity contribution is 6.34. The Balaban J connectivity index is 1.93. The summed E-state index contributed by atoms with van der Waals surface area (Å²) in [7, 11) is 1.12. The molecule has 214 valence electrons. The predicted molar refractivity (Wildman–Crippen MR) is 140 cm³/mol. The largest absolute Gasteiger partial charge is 0.465 e. The number of ether oxygens (including phenoxy) is 2. The Morgan fingerprint density at radius 2 is 1.76 bits per heavy atom. The van der Waals surface area contributed by atoms with Crippen molar-refractivity contribution in [2.75, 3.05) is 12.4 Å². The molecule has 1 N–H and O–H groups in total. The van der Waals surface area contributed by atoms with Gasteiger partial charge in [-0.2, -0.15) is 23.0 Å². The van der Waals surface area contributed by atoms with E-state index in [0.29, 0.717) is 10.7 Å². The van der Waals surface area contributed by atoms with Crippen LogP contribution in [0.3, 0.4) is 0 Å². The van der Waals surface area contributed by atoms with E-state index in [9.17, 15) is 27.6 Å². The highest BCUT2D eigenvalue weighted by Crippen LogP contribution is 2.37. The number of amides is 1. The molecule has 1 amide bonds. The molecule has 0 atom stereocenters. The standard InChI is InChI=1S/C27H21ClF4N4O5/c1-26(2,3)41-25(39)34-14-11-19-22(33-12-14)21(15-9-8-13(10-18(15)29)24(38)40-4)35-36(19)23(37)20-16(27(30,31)32)6-5-7-17(20)28/h5-12H,1-4H3,(H,34,39). The predicted octanol–water partition coefficient (Wildman–Crippen LogP) is 6.73. The van der Waals surface area contributed by atoms with Crippen LogP contribution in [0.25, 0.3) is 22.3 Å². The number of nitrogens with zero attached hydrogens (tertiary/aromatic N) is 3. The SMILES string of the molecule is COC(=O)c1ccc(-c2nn(C(=O)c3c(Cl)cccc3C(F)(F)F)c3cc(NC(=O)OC(C)(C)C)cnc23)c(F)c1. The molecule has 0 aliphatic heterocycles. The van der Waals surface area contributed by atoms with Crippen LogP contribution in [0.2, 0.25) is 5.02 Å². The van der Waals surface area contributed by atoms with Crippen molar-refractivity contribution < 1.29 is 41.4 Å². The van der Waals surface area contributed by atoms with Crippen LogP contribution in [0.15, 0.2) is 48.7 Å². The summed E-state index contributed by atoms with van der Waals surface area (Å²) in [6, 6.07) is 7.35. The van der Waals surface area contributed by atoms with Crippen molar-refractivity contribution in [1.29, 1.82) is 0 Å². The summed E-state index contributed by atoms with van der Waals surface area (Å²) in [5.74, 6) is -3.05. The third-order valence-corrected chi connectivity index (χ3v) is 5.85. The molecule has 4 aromatic rings. The van der Waals surface area contributed by atoms with Gasteiger partial charge in [-0.25, -0.2) is 14.0 Å². The fraction of sp³-hybridized carbons (Fsp3) is 0.222. The van der Waals surface area contributed by atoms with E-state index < -0.39 is 51.7 Å². The number of hydrogen-bond donors (Lipinski definition) is 1. The highest BCUT2D eigenvalue weighted by Gasteiger charge is 2.37. The van der Waals surface area contributed by atoms with Crippen molar-refractivity contribution in [1.82, 2.24) is 14.8 Å². The molecule has 14 heteroatoms. The number of methoxy groups -OCH3 is 1. The zero-order chi connectivity index (χ0) is 30.3. The van der Waals surface area contributed by atoms with Crippen molar-refractivity contribution in [2.45, 2.75) is 32.5 Å². The Morgan fingerprint density at radius 1 is 1.05 bits per heavy atom. The number of rotatable bonds is 4. The van der Waals surface area contributed by atoms with Gasteiger partial charge in [-0.05, 0) is 57.2 Å². The van der Waals surface area contributed by atoms with Crippen molar-refractivity contribution in [3.8, 4) is 11.3 Å². The van der Waals surface area contributed by atoms with E-state index in [1.807, 2.05) is 0 Å². The molecule has 0 radical (unpaired) electrons. The topological polar surface area (TPSA) is 112 Å². The molecule has 0 bridgehead atoms. The molecule has 4 rings (SSSR count). The van der Waals surface area contributed by atoms with Crippen LogP contribution in [0.5, 0.6) is 0 Å². The molecule has 0 saturated heterocycles. The number of halogens is 5. The average molecular weight is 593 g/mol. The molecule has 0 fully saturated rings. The number of nitrogens with one attached hydrogen (secondary N) is 1. The molecule has 41 heavy (non-hydrogen) atoms. The summed E-state index contributed by atoms with van der Waals surface area (Å²) in [5, 5.41) is 6.04. The maximum Gasteiger partial charge on any atom is 0.417 e. The Hall–Kier alpha value is -4.52. The summed E-state index contributed by atoms with van der Waals surface area (Å²) < 4.78 is 67.0. The maximum absolute atomic E-state index is 15.2. The molecule has 2 aromatic heterocycles. The zero-order valence-corrected chi connectivity index (χ0v) is 22.6. The number of esters is 1. The number of alkyl halides is 3. The first kappa shape index (κ1) is 29.5. The monoisotopic (exact) mass is 592 g/mol. The molecular weight excluding hydrogens is 572 g/mol. The van der Waals surface area contributed by atoms with Crippen molar-refractivity contribution >= 4 is 46.3 Å². The molecule has 0 aliphatic carbocycles. The Kier molecular flexibility index (Phi) is 7.76. The van der Waals surface area contributed by atoms with Gasteiger partial charge in [0.05, 0.1) is 46.2 Å². The lowest BCUT2D eigenvalue weighted by atomic mass is 10.1. The number of carbonyl (C=O) groups is 3. The van der Waals surface area contributed by atoms with Gasteiger partial charge in [-0.15, -0.1) is 0 Å². The summed E-state index contributed by atoms with van der Waals surface area (Å²) in [6.07, 6.45) is -4.64. The zero-order valence-electron chi connectivity index (χ0n) is 21.9. The first-order valence-corrected chi connectivity index (χ1v) is 12.2. The van der Waals surface area contributed by atoms with E-state index in [-0.39, 0.29) is 33.5 Å². The summed E-state index contributed by atoms with van der Waals surface area (Å²) in [5.41, 5.74) is -3.90. The van der Waals surface area contributed by atoms with E-state index in [1.54, 1.807) is 20.8 Å². The summed E-state index contributed by atoms with van der Waals surface area (Å²) in [4.78, 5) is 41.9. The van der Waals surface area contributed by atoms with Gasteiger partial charge in [0.15, 0.2) is 0 Å². The van der Waals surface area contributed by atoms with Gasteiger partial charge in [0.25, 0.3) is 5.91 Å². The van der Waals surface area contributed by atoms with Crippen molar-refractivity contribution in [3.05, 3.63) is 76.2 Å². The Labute approximate surface area is 235 Å². The number of anilines is 1. The molecule has 2 aromatic carbocycles. The first-order valence-electron chi connectivity index (χ1n) is 11.8. The third-order valence-electron chi connectivity index (χ3n) is 5.54. The van der Waals surface area contributed by atoms with Gasteiger partial charge in [-0.3, -0.25) is 15.1 Å². The molecule has 0 spiro atoms. The van der Waals surface area contributed by atoms with Gasteiger partial charge in [0, 0.05) is 5.56 Å². The molecular formula is C27H21ClF4N4O5. The van der Waals surface area contributed by atoms with Crippen LogP contribution in [-0.4, -0.2) is 45.4 Å². The molecule has 0 saturated carbocycles. The number of aromatic nitrogens is 3.